The Bertz CT molecular complexity index is 1200. The number of halogens is 1. The summed E-state index contributed by atoms with van der Waals surface area (Å²) in [6.45, 7) is 0.473. The third-order valence-electron chi connectivity index (χ3n) is 4.57. The Kier molecular flexibility index (Phi) is 5.44. The average Bonchev–Trinajstić information content (AvgIpc) is 3.16. The first-order chi connectivity index (χ1) is 14.1. The third kappa shape index (κ3) is 4.22. The lowest BCUT2D eigenvalue weighted by Gasteiger charge is -2.06. The minimum atomic E-state index is -0.277. The Morgan fingerprint density at radius 1 is 1.00 bits per heavy atom. The van der Waals surface area contributed by atoms with Gasteiger partial charge < -0.3 is 10.7 Å². The number of rotatable bonds is 4. The summed E-state index contributed by atoms with van der Waals surface area (Å²) in [6, 6.07) is 22.1. The van der Waals surface area contributed by atoms with Gasteiger partial charge in [-0.15, -0.1) is 0 Å². The molecule has 0 saturated carbocycles. The second kappa shape index (κ2) is 8.32. The van der Waals surface area contributed by atoms with E-state index in [-0.39, 0.29) is 5.82 Å². The Morgan fingerprint density at radius 2 is 1.76 bits per heavy atom. The van der Waals surface area contributed by atoms with Crippen molar-refractivity contribution in [1.29, 1.82) is 5.41 Å². The number of nitrogens with zero attached hydrogens (tertiary/aromatic N) is 1. The van der Waals surface area contributed by atoms with Crippen LogP contribution < -0.4 is 5.73 Å². The molecule has 4 nitrogen and oxygen atoms in total. The van der Waals surface area contributed by atoms with Gasteiger partial charge in [0.1, 0.15) is 10.9 Å². The zero-order chi connectivity index (χ0) is 20.2. The van der Waals surface area contributed by atoms with Gasteiger partial charge in [0.2, 0.25) is 0 Å². The van der Waals surface area contributed by atoms with Gasteiger partial charge in [-0.25, -0.2) is 4.39 Å². The summed E-state index contributed by atoms with van der Waals surface area (Å²) in [5.74, 6) is -0.277. The number of aromatic nitrogens is 1. The summed E-state index contributed by atoms with van der Waals surface area (Å²) in [5.41, 5.74) is 9.96. The molecule has 0 radical (unpaired) electrons. The number of aliphatic imine (C=N–C) groups is 1. The highest BCUT2D eigenvalue weighted by Gasteiger charge is 2.13. The van der Waals surface area contributed by atoms with E-state index in [1.807, 2.05) is 54.6 Å². The fraction of sp³-hybridized carbons (Fsp3) is 0.0435. The van der Waals surface area contributed by atoms with E-state index in [2.05, 4.69) is 9.98 Å². The lowest BCUT2D eigenvalue weighted by molar-refractivity contribution is 0.631. The number of amidine groups is 1. The molecular formula is C23H19FN4S. The second-order valence-electron chi connectivity index (χ2n) is 6.51. The average molecular weight is 402 g/mol. The summed E-state index contributed by atoms with van der Waals surface area (Å²) in [4.78, 5) is 7.52. The molecule has 4 rings (SSSR count). The number of aromatic amines is 1. The van der Waals surface area contributed by atoms with Gasteiger partial charge in [0.25, 0.3) is 0 Å². The number of fused-ring (bicyclic) bond motifs is 1. The Labute approximate surface area is 172 Å². The molecule has 0 aliphatic rings. The Hall–Kier alpha value is -3.38. The highest BCUT2D eigenvalue weighted by Crippen LogP contribution is 2.31. The molecule has 1 aromatic heterocycles. The summed E-state index contributed by atoms with van der Waals surface area (Å²) < 4.78 is 14.2. The van der Waals surface area contributed by atoms with Gasteiger partial charge in [-0.1, -0.05) is 54.6 Å². The Balaban J connectivity index is 1.57. The number of benzene rings is 3. The molecule has 1 heterocycles. The number of nitrogens with two attached hydrogens (primary N) is 1. The lowest BCUT2D eigenvalue weighted by Crippen LogP contribution is -2.11. The number of hydrogen-bond donors (Lipinski definition) is 3. The quantitative estimate of drug-likeness (QED) is 0.309. The molecule has 0 amide bonds. The molecule has 0 saturated heterocycles. The predicted octanol–water partition coefficient (Wildman–Crippen LogP) is 5.55. The fourth-order valence-corrected chi connectivity index (χ4v) is 3.70. The van der Waals surface area contributed by atoms with E-state index in [4.69, 9.17) is 11.1 Å². The van der Waals surface area contributed by atoms with Gasteiger partial charge in [0, 0.05) is 33.8 Å². The van der Waals surface area contributed by atoms with Gasteiger partial charge in [-0.05, 0) is 35.5 Å². The standard InChI is InChI=1S/C23H19FN4S/c24-20-9-5-4-8-17(20)19-14-27-21-11-10-16(12-18(19)21)22(25)29-23(26)28-13-15-6-2-1-3-7-15/h1-12,14,25,27H,13H2,(H2,26,28). The maximum atomic E-state index is 14.2. The normalized spacial score (nSPS) is 11.7. The first-order valence-corrected chi connectivity index (χ1v) is 9.90. The van der Waals surface area contributed by atoms with Gasteiger partial charge in [-0.3, -0.25) is 10.4 Å². The van der Waals surface area contributed by atoms with Crippen molar-refractivity contribution in [2.24, 2.45) is 10.7 Å². The molecule has 4 N–H and O–H groups in total. The highest BCUT2D eigenvalue weighted by atomic mass is 32.2. The maximum Gasteiger partial charge on any atom is 0.160 e. The van der Waals surface area contributed by atoms with Gasteiger partial charge >= 0.3 is 0 Å². The molecule has 0 spiro atoms. The van der Waals surface area contributed by atoms with Gasteiger partial charge in [0.05, 0.1) is 6.54 Å². The molecule has 4 aromatic rings. The molecule has 0 aliphatic heterocycles. The van der Waals surface area contributed by atoms with Crippen LogP contribution in [0.15, 0.2) is 84.0 Å². The largest absolute Gasteiger partial charge is 0.378 e. The number of thioether (sulfide) groups is 1. The zero-order valence-electron chi connectivity index (χ0n) is 15.5. The minimum absolute atomic E-state index is 0.277. The molecule has 0 atom stereocenters. The Morgan fingerprint density at radius 3 is 2.55 bits per heavy atom. The van der Waals surface area contributed by atoms with Crippen molar-refractivity contribution in [1.82, 2.24) is 4.98 Å². The number of hydrogen-bond acceptors (Lipinski definition) is 3. The molecule has 6 heteroatoms. The van der Waals surface area contributed by atoms with Crippen LogP contribution in [-0.2, 0) is 6.54 Å². The van der Waals surface area contributed by atoms with Crippen molar-refractivity contribution in [3.8, 4) is 11.1 Å². The SMILES string of the molecule is N=C(SC(N)=NCc1ccccc1)c1ccc2[nH]cc(-c3ccccc3F)c2c1. The van der Waals surface area contributed by atoms with Crippen molar-refractivity contribution >= 4 is 32.9 Å². The van der Waals surface area contributed by atoms with Crippen LogP contribution in [0.5, 0.6) is 0 Å². The minimum Gasteiger partial charge on any atom is -0.378 e. The smallest absolute Gasteiger partial charge is 0.160 e. The topological polar surface area (TPSA) is 78.0 Å². The van der Waals surface area contributed by atoms with Crippen molar-refractivity contribution in [2.45, 2.75) is 6.54 Å². The zero-order valence-corrected chi connectivity index (χ0v) is 16.3. The van der Waals surface area contributed by atoms with E-state index < -0.39 is 0 Å². The van der Waals surface area contributed by atoms with Crippen LogP contribution in [0.4, 0.5) is 4.39 Å². The van der Waals surface area contributed by atoms with E-state index in [1.165, 1.54) is 6.07 Å². The molecule has 0 aliphatic carbocycles. The fourth-order valence-electron chi connectivity index (χ4n) is 3.11. The maximum absolute atomic E-state index is 14.2. The molecule has 0 unspecified atom stereocenters. The predicted molar refractivity (Wildman–Crippen MR) is 120 cm³/mol. The molecule has 3 aromatic carbocycles. The molecule has 29 heavy (non-hydrogen) atoms. The van der Waals surface area contributed by atoms with Crippen molar-refractivity contribution in [3.05, 3.63) is 95.9 Å². The van der Waals surface area contributed by atoms with Crippen molar-refractivity contribution in [3.63, 3.8) is 0 Å². The summed E-state index contributed by atoms with van der Waals surface area (Å²) >= 11 is 1.11. The molecular weight excluding hydrogens is 383 g/mol. The van der Waals surface area contributed by atoms with Crippen LogP contribution in [-0.4, -0.2) is 15.2 Å². The van der Waals surface area contributed by atoms with Crippen LogP contribution in [0.25, 0.3) is 22.0 Å². The molecule has 144 valence electrons. The van der Waals surface area contributed by atoms with E-state index >= 15 is 0 Å². The van der Waals surface area contributed by atoms with Crippen LogP contribution in [0, 0.1) is 11.2 Å². The van der Waals surface area contributed by atoms with Crippen LogP contribution in [0.3, 0.4) is 0 Å². The second-order valence-corrected chi connectivity index (χ2v) is 7.54. The molecule has 0 fully saturated rings. The monoisotopic (exact) mass is 402 g/mol. The number of nitrogens with one attached hydrogen (secondary N) is 2. The highest BCUT2D eigenvalue weighted by molar-refractivity contribution is 8.26. The van der Waals surface area contributed by atoms with E-state index in [9.17, 15) is 4.39 Å². The molecule has 0 bridgehead atoms. The summed E-state index contributed by atoms with van der Waals surface area (Å²) in [5, 5.41) is 9.89. The van der Waals surface area contributed by atoms with Crippen LogP contribution in [0.2, 0.25) is 0 Å². The van der Waals surface area contributed by atoms with E-state index in [0.29, 0.717) is 27.9 Å². The first-order valence-electron chi connectivity index (χ1n) is 9.08. The number of H-pyrrole nitrogens is 1. The summed E-state index contributed by atoms with van der Waals surface area (Å²) in [7, 11) is 0. The van der Waals surface area contributed by atoms with E-state index in [1.54, 1.807) is 18.3 Å². The lowest BCUT2D eigenvalue weighted by atomic mass is 10.0. The van der Waals surface area contributed by atoms with Gasteiger partial charge in [-0.2, -0.15) is 0 Å². The van der Waals surface area contributed by atoms with E-state index in [0.717, 1.165) is 33.8 Å². The van der Waals surface area contributed by atoms with Crippen LogP contribution >= 0.6 is 11.8 Å². The van der Waals surface area contributed by atoms with Crippen molar-refractivity contribution in [2.75, 3.05) is 0 Å². The summed E-state index contributed by atoms with van der Waals surface area (Å²) in [6.07, 6.45) is 1.79. The first kappa shape index (κ1) is 19.0. The third-order valence-corrected chi connectivity index (χ3v) is 5.35. The van der Waals surface area contributed by atoms with Gasteiger partial charge in [0.15, 0.2) is 5.17 Å². The van der Waals surface area contributed by atoms with Crippen molar-refractivity contribution < 1.29 is 4.39 Å². The van der Waals surface area contributed by atoms with Crippen LogP contribution in [0.1, 0.15) is 11.1 Å².